The van der Waals surface area contributed by atoms with Crippen LogP contribution in [0.25, 0.3) is 22.2 Å². The second kappa shape index (κ2) is 9.81. The van der Waals surface area contributed by atoms with Gasteiger partial charge in [-0.25, -0.2) is 4.98 Å². The molecule has 176 valence electrons. The lowest BCUT2D eigenvalue weighted by molar-refractivity contribution is -0.124. The largest absolute Gasteiger partial charge is 0.487 e. The quantitative estimate of drug-likeness (QED) is 0.369. The van der Waals surface area contributed by atoms with Crippen LogP contribution in [0.3, 0.4) is 0 Å². The summed E-state index contributed by atoms with van der Waals surface area (Å²) in [6, 6.07) is 9.76. The first-order valence-corrected chi connectivity index (χ1v) is 11.6. The van der Waals surface area contributed by atoms with Gasteiger partial charge in [0.1, 0.15) is 23.6 Å². The highest BCUT2D eigenvalue weighted by Crippen LogP contribution is 2.36. The molecule has 0 spiro atoms. The summed E-state index contributed by atoms with van der Waals surface area (Å²) >= 11 is 6.50. The number of fused-ring (bicyclic) bond motifs is 1. The molecule has 2 N–H and O–H groups in total. The van der Waals surface area contributed by atoms with E-state index in [1.807, 2.05) is 65.0 Å². The molecule has 0 bridgehead atoms. The number of aryl methyl sites for hydroxylation is 3. The van der Waals surface area contributed by atoms with Crippen LogP contribution in [-0.4, -0.2) is 26.1 Å². The van der Waals surface area contributed by atoms with Gasteiger partial charge in [-0.3, -0.25) is 14.9 Å². The molecule has 0 fully saturated rings. The number of hydrogen-bond acceptors (Lipinski definition) is 5. The number of nitrogens with one attached hydrogen (secondary N) is 2. The SMILES string of the molecule is Cc1cc(-c2n[nH]c(C)c2Cl)c2cccc(OCc3c(C)ccnc3CNC(=O)C(C)C)c2n1. The minimum absolute atomic E-state index is 0.0105. The number of pyridine rings is 2. The Bertz CT molecular complexity index is 1360. The van der Waals surface area contributed by atoms with E-state index in [0.29, 0.717) is 29.6 Å². The molecule has 8 heteroatoms. The second-order valence-corrected chi connectivity index (χ2v) is 9.07. The molecule has 0 radical (unpaired) electrons. The summed E-state index contributed by atoms with van der Waals surface area (Å²) in [5, 5.41) is 11.8. The van der Waals surface area contributed by atoms with Gasteiger partial charge in [-0.1, -0.05) is 37.6 Å². The highest BCUT2D eigenvalue weighted by Gasteiger charge is 2.17. The molecule has 34 heavy (non-hydrogen) atoms. The Kier molecular flexibility index (Phi) is 6.84. The van der Waals surface area contributed by atoms with Gasteiger partial charge in [0.2, 0.25) is 5.91 Å². The van der Waals surface area contributed by atoms with E-state index in [4.69, 9.17) is 21.3 Å². The Hall–Kier alpha value is -3.45. The summed E-state index contributed by atoms with van der Waals surface area (Å²) in [4.78, 5) is 21.3. The number of carbonyl (C=O) groups is 1. The fraction of sp³-hybridized carbons (Fsp3) is 0.308. The molecule has 0 atom stereocenters. The number of nitrogens with zero attached hydrogens (tertiary/aromatic N) is 3. The van der Waals surface area contributed by atoms with E-state index in [1.165, 1.54) is 0 Å². The third-order valence-corrected chi connectivity index (χ3v) is 6.23. The van der Waals surface area contributed by atoms with Gasteiger partial charge in [-0.15, -0.1) is 0 Å². The van der Waals surface area contributed by atoms with Crippen molar-refractivity contribution in [2.24, 2.45) is 5.92 Å². The molecule has 3 aromatic heterocycles. The fourth-order valence-corrected chi connectivity index (χ4v) is 3.96. The van der Waals surface area contributed by atoms with E-state index >= 15 is 0 Å². The second-order valence-electron chi connectivity index (χ2n) is 8.69. The molecular formula is C26H28ClN5O2. The minimum atomic E-state index is -0.0875. The van der Waals surface area contributed by atoms with Gasteiger partial charge >= 0.3 is 0 Å². The topological polar surface area (TPSA) is 92.8 Å². The molecule has 0 saturated carbocycles. The lowest BCUT2D eigenvalue weighted by Crippen LogP contribution is -2.28. The van der Waals surface area contributed by atoms with E-state index in [1.54, 1.807) is 6.20 Å². The van der Waals surface area contributed by atoms with Crippen molar-refractivity contribution in [3.8, 4) is 17.0 Å². The number of aromatic amines is 1. The third-order valence-electron chi connectivity index (χ3n) is 5.76. The van der Waals surface area contributed by atoms with Crippen LogP contribution in [0.15, 0.2) is 36.5 Å². The molecule has 0 saturated heterocycles. The van der Waals surface area contributed by atoms with Crippen LogP contribution in [0.2, 0.25) is 5.02 Å². The average molecular weight is 478 g/mol. The Morgan fingerprint density at radius 2 is 2.00 bits per heavy atom. The van der Waals surface area contributed by atoms with Crippen LogP contribution < -0.4 is 10.1 Å². The Morgan fingerprint density at radius 1 is 1.21 bits per heavy atom. The first kappa shape index (κ1) is 23.7. The number of ether oxygens (including phenoxy) is 1. The van der Waals surface area contributed by atoms with E-state index in [2.05, 4.69) is 20.5 Å². The van der Waals surface area contributed by atoms with Crippen LogP contribution in [0.4, 0.5) is 0 Å². The monoisotopic (exact) mass is 477 g/mol. The maximum Gasteiger partial charge on any atom is 0.222 e. The molecule has 0 aliphatic carbocycles. The van der Waals surface area contributed by atoms with Crippen LogP contribution in [0, 0.1) is 26.7 Å². The molecule has 3 heterocycles. The van der Waals surface area contributed by atoms with Crippen molar-refractivity contribution in [3.05, 3.63) is 69.8 Å². The standard InChI is InChI=1S/C26H28ClN5O2/c1-14(2)26(33)29-12-21-20(15(3)9-10-28-21)13-34-22-8-6-7-18-19(11-16(4)30-24(18)22)25-23(27)17(5)31-32-25/h6-11,14H,12-13H2,1-5H3,(H,29,33)(H,31,32). The highest BCUT2D eigenvalue weighted by atomic mass is 35.5. The van der Waals surface area contributed by atoms with Crippen molar-refractivity contribution in [3.63, 3.8) is 0 Å². The van der Waals surface area contributed by atoms with Gasteiger partial charge < -0.3 is 10.1 Å². The molecule has 1 amide bonds. The number of halogens is 1. The lowest BCUT2D eigenvalue weighted by Gasteiger charge is -2.16. The molecule has 7 nitrogen and oxygen atoms in total. The summed E-state index contributed by atoms with van der Waals surface area (Å²) in [5.41, 5.74) is 6.77. The molecule has 4 rings (SSSR count). The van der Waals surface area contributed by atoms with Crippen molar-refractivity contribution in [1.82, 2.24) is 25.5 Å². The maximum absolute atomic E-state index is 12.0. The number of amides is 1. The Morgan fingerprint density at radius 3 is 2.71 bits per heavy atom. The van der Waals surface area contributed by atoms with Gasteiger partial charge in [0.25, 0.3) is 0 Å². The summed E-state index contributed by atoms with van der Waals surface area (Å²) < 4.78 is 6.29. The zero-order chi connectivity index (χ0) is 24.4. The van der Waals surface area contributed by atoms with Crippen molar-refractivity contribution in [1.29, 1.82) is 0 Å². The van der Waals surface area contributed by atoms with Gasteiger partial charge in [0, 0.05) is 34.3 Å². The number of carbonyl (C=O) groups excluding carboxylic acids is 1. The predicted octanol–water partition coefficient (Wildman–Crippen LogP) is 5.45. The number of para-hydroxylation sites is 1. The zero-order valence-electron chi connectivity index (χ0n) is 20.0. The fourth-order valence-electron chi connectivity index (χ4n) is 3.78. The van der Waals surface area contributed by atoms with Gasteiger partial charge in [-0.2, -0.15) is 5.10 Å². The summed E-state index contributed by atoms with van der Waals surface area (Å²) in [7, 11) is 0. The van der Waals surface area contributed by atoms with Crippen molar-refractivity contribution < 1.29 is 9.53 Å². The van der Waals surface area contributed by atoms with Gasteiger partial charge in [0.05, 0.1) is 23.0 Å². The van der Waals surface area contributed by atoms with E-state index in [9.17, 15) is 4.79 Å². The van der Waals surface area contributed by atoms with Gasteiger partial charge in [0.15, 0.2) is 0 Å². The van der Waals surface area contributed by atoms with Crippen LogP contribution in [0.1, 0.15) is 42.1 Å². The predicted molar refractivity (Wildman–Crippen MR) is 134 cm³/mol. The molecule has 0 aliphatic rings. The maximum atomic E-state index is 12.0. The van der Waals surface area contributed by atoms with Crippen molar-refractivity contribution in [2.75, 3.05) is 0 Å². The molecule has 0 aliphatic heterocycles. The smallest absolute Gasteiger partial charge is 0.222 e. The molecular weight excluding hydrogens is 450 g/mol. The molecule has 0 unspecified atom stereocenters. The van der Waals surface area contributed by atoms with E-state index < -0.39 is 0 Å². The first-order chi connectivity index (χ1) is 16.3. The summed E-state index contributed by atoms with van der Waals surface area (Å²) in [6.45, 7) is 10.2. The first-order valence-electron chi connectivity index (χ1n) is 11.2. The molecule has 1 aromatic carbocycles. The van der Waals surface area contributed by atoms with Crippen molar-refractivity contribution >= 4 is 28.4 Å². The highest BCUT2D eigenvalue weighted by molar-refractivity contribution is 6.34. The lowest BCUT2D eigenvalue weighted by atomic mass is 10.0. The van der Waals surface area contributed by atoms with Crippen LogP contribution >= 0.6 is 11.6 Å². The average Bonchev–Trinajstić information content (AvgIpc) is 3.14. The zero-order valence-corrected chi connectivity index (χ0v) is 20.7. The normalized spacial score (nSPS) is 11.3. The minimum Gasteiger partial charge on any atom is -0.487 e. The summed E-state index contributed by atoms with van der Waals surface area (Å²) in [6.07, 6.45) is 1.75. The van der Waals surface area contributed by atoms with Gasteiger partial charge in [-0.05, 0) is 44.5 Å². The number of aromatic nitrogens is 4. The van der Waals surface area contributed by atoms with Crippen molar-refractivity contribution in [2.45, 2.75) is 47.8 Å². The molecule has 4 aromatic rings. The van der Waals surface area contributed by atoms with E-state index in [0.717, 1.165) is 44.7 Å². The number of benzene rings is 1. The Balaban J connectivity index is 1.67. The van der Waals surface area contributed by atoms with E-state index in [-0.39, 0.29) is 11.8 Å². The number of H-pyrrole nitrogens is 1. The third kappa shape index (κ3) is 4.75. The number of hydrogen-bond donors (Lipinski definition) is 2. The summed E-state index contributed by atoms with van der Waals surface area (Å²) in [5.74, 6) is 0.561. The van der Waals surface area contributed by atoms with Crippen LogP contribution in [0.5, 0.6) is 5.75 Å². The Labute approximate surface area is 203 Å². The number of rotatable bonds is 7. The van der Waals surface area contributed by atoms with Crippen LogP contribution in [-0.2, 0) is 17.9 Å².